The lowest BCUT2D eigenvalue weighted by atomic mass is 9.86. The molecule has 4 nitrogen and oxygen atoms in total. The predicted molar refractivity (Wildman–Crippen MR) is 109 cm³/mol. The van der Waals surface area contributed by atoms with Crippen LogP contribution in [0.4, 0.5) is 5.69 Å². The van der Waals surface area contributed by atoms with E-state index in [9.17, 15) is 9.59 Å². The van der Waals surface area contributed by atoms with Crippen LogP contribution in [0.5, 0.6) is 0 Å². The topological polar surface area (TPSA) is 40.6 Å². The summed E-state index contributed by atoms with van der Waals surface area (Å²) < 4.78 is 0. The van der Waals surface area contributed by atoms with Crippen molar-refractivity contribution in [1.82, 2.24) is 4.90 Å². The second-order valence-corrected chi connectivity index (χ2v) is 8.27. The Morgan fingerprint density at radius 3 is 2.07 bits per heavy atom. The first-order chi connectivity index (χ1) is 12.8. The number of hydrogen-bond donors (Lipinski definition) is 0. The summed E-state index contributed by atoms with van der Waals surface area (Å²) in [5.74, 6) is -0.818. The maximum atomic E-state index is 12.6. The van der Waals surface area contributed by atoms with E-state index in [1.807, 2.05) is 18.2 Å². The standard InChI is InChI=1S/C23H28N2O2/c1-17-6-5-7-20(16-17)24-12-14-25(15-13-24)22(27)21(26)18-8-10-19(11-9-18)23(2,3)4/h5-11,16H,12-15H2,1-4H3. The van der Waals surface area contributed by atoms with Crippen LogP contribution in [0.2, 0.25) is 0 Å². The third-order valence-electron chi connectivity index (χ3n) is 5.14. The summed E-state index contributed by atoms with van der Waals surface area (Å²) in [5.41, 5.74) is 4.04. The molecule has 0 unspecified atom stereocenters. The number of aryl methyl sites for hydroxylation is 1. The molecular weight excluding hydrogens is 336 g/mol. The Labute approximate surface area is 161 Å². The molecule has 1 heterocycles. The van der Waals surface area contributed by atoms with Gasteiger partial charge in [0.2, 0.25) is 5.78 Å². The van der Waals surface area contributed by atoms with Crippen molar-refractivity contribution in [3.05, 3.63) is 65.2 Å². The van der Waals surface area contributed by atoms with E-state index in [0.717, 1.165) is 18.7 Å². The molecule has 0 radical (unpaired) electrons. The van der Waals surface area contributed by atoms with Gasteiger partial charge in [0, 0.05) is 37.4 Å². The number of anilines is 1. The van der Waals surface area contributed by atoms with Crippen molar-refractivity contribution < 1.29 is 9.59 Å². The quantitative estimate of drug-likeness (QED) is 0.614. The molecule has 0 N–H and O–H groups in total. The van der Waals surface area contributed by atoms with E-state index in [1.165, 1.54) is 11.3 Å². The van der Waals surface area contributed by atoms with E-state index in [0.29, 0.717) is 18.7 Å². The van der Waals surface area contributed by atoms with Gasteiger partial charge in [-0.2, -0.15) is 0 Å². The average molecular weight is 364 g/mol. The Bertz CT molecular complexity index is 826. The van der Waals surface area contributed by atoms with Crippen molar-refractivity contribution in [2.75, 3.05) is 31.1 Å². The van der Waals surface area contributed by atoms with Crippen LogP contribution in [-0.4, -0.2) is 42.8 Å². The highest BCUT2D eigenvalue weighted by Crippen LogP contribution is 2.23. The number of rotatable bonds is 3. The van der Waals surface area contributed by atoms with E-state index in [-0.39, 0.29) is 5.41 Å². The Balaban J connectivity index is 1.62. The van der Waals surface area contributed by atoms with E-state index < -0.39 is 11.7 Å². The summed E-state index contributed by atoms with van der Waals surface area (Å²) in [7, 11) is 0. The number of hydrogen-bond acceptors (Lipinski definition) is 3. The number of piperazine rings is 1. The maximum Gasteiger partial charge on any atom is 0.295 e. The van der Waals surface area contributed by atoms with E-state index in [1.54, 1.807) is 17.0 Å². The zero-order valence-corrected chi connectivity index (χ0v) is 16.7. The zero-order valence-electron chi connectivity index (χ0n) is 16.7. The molecule has 1 aliphatic heterocycles. The number of carbonyl (C=O) groups excluding carboxylic acids is 2. The van der Waals surface area contributed by atoms with Crippen LogP contribution in [0, 0.1) is 6.92 Å². The number of Topliss-reactive ketones (excluding diaryl/α,β-unsaturated/α-hetero) is 1. The third kappa shape index (κ3) is 4.38. The molecule has 142 valence electrons. The van der Waals surface area contributed by atoms with Gasteiger partial charge in [-0.3, -0.25) is 9.59 Å². The molecule has 1 aliphatic rings. The highest BCUT2D eigenvalue weighted by Gasteiger charge is 2.27. The summed E-state index contributed by atoms with van der Waals surface area (Å²) in [6, 6.07) is 15.8. The van der Waals surface area contributed by atoms with Crippen LogP contribution in [0.15, 0.2) is 48.5 Å². The molecule has 1 fully saturated rings. The molecule has 0 bridgehead atoms. The molecule has 0 aliphatic carbocycles. The van der Waals surface area contributed by atoms with Gasteiger partial charge < -0.3 is 9.80 Å². The Morgan fingerprint density at radius 1 is 0.889 bits per heavy atom. The molecule has 0 spiro atoms. The summed E-state index contributed by atoms with van der Waals surface area (Å²) in [4.78, 5) is 29.2. The molecule has 0 atom stereocenters. The van der Waals surface area contributed by atoms with Crippen LogP contribution >= 0.6 is 0 Å². The lowest BCUT2D eigenvalue weighted by Gasteiger charge is -2.36. The fraction of sp³-hybridized carbons (Fsp3) is 0.391. The lowest BCUT2D eigenvalue weighted by Crippen LogP contribution is -2.50. The highest BCUT2D eigenvalue weighted by atomic mass is 16.2. The largest absolute Gasteiger partial charge is 0.368 e. The van der Waals surface area contributed by atoms with Gasteiger partial charge >= 0.3 is 0 Å². The monoisotopic (exact) mass is 364 g/mol. The van der Waals surface area contributed by atoms with Crippen LogP contribution in [0.1, 0.15) is 42.3 Å². The second kappa shape index (κ2) is 7.55. The minimum atomic E-state index is -0.417. The fourth-order valence-electron chi connectivity index (χ4n) is 3.38. The van der Waals surface area contributed by atoms with Crippen molar-refractivity contribution in [2.45, 2.75) is 33.1 Å². The lowest BCUT2D eigenvalue weighted by molar-refractivity contribution is -0.126. The molecule has 1 saturated heterocycles. The number of benzene rings is 2. The van der Waals surface area contributed by atoms with E-state index in [4.69, 9.17) is 0 Å². The van der Waals surface area contributed by atoms with Crippen LogP contribution in [0.3, 0.4) is 0 Å². The molecule has 0 saturated carbocycles. The van der Waals surface area contributed by atoms with Gasteiger partial charge in [0.15, 0.2) is 0 Å². The van der Waals surface area contributed by atoms with Crippen LogP contribution < -0.4 is 4.90 Å². The SMILES string of the molecule is Cc1cccc(N2CCN(C(=O)C(=O)c3ccc(C(C)(C)C)cc3)CC2)c1. The van der Waals surface area contributed by atoms with Crippen molar-refractivity contribution >= 4 is 17.4 Å². The van der Waals surface area contributed by atoms with Gasteiger partial charge in [0.25, 0.3) is 5.91 Å². The summed E-state index contributed by atoms with van der Waals surface area (Å²) in [5, 5.41) is 0. The normalized spacial score (nSPS) is 15.0. The number of ketones is 1. The predicted octanol–water partition coefficient (Wildman–Crippen LogP) is 3.82. The molecule has 3 rings (SSSR count). The summed E-state index contributed by atoms with van der Waals surface area (Å²) in [6.07, 6.45) is 0. The molecule has 2 aromatic rings. The number of carbonyl (C=O) groups is 2. The molecule has 2 aromatic carbocycles. The summed E-state index contributed by atoms with van der Waals surface area (Å²) >= 11 is 0. The van der Waals surface area contributed by atoms with Gasteiger partial charge in [-0.1, -0.05) is 57.2 Å². The zero-order chi connectivity index (χ0) is 19.6. The van der Waals surface area contributed by atoms with Crippen molar-refractivity contribution in [3.8, 4) is 0 Å². The van der Waals surface area contributed by atoms with Crippen molar-refractivity contribution in [1.29, 1.82) is 0 Å². The third-order valence-corrected chi connectivity index (χ3v) is 5.14. The maximum absolute atomic E-state index is 12.6. The van der Waals surface area contributed by atoms with E-state index >= 15 is 0 Å². The first kappa shape index (κ1) is 19.2. The fourth-order valence-corrected chi connectivity index (χ4v) is 3.38. The molecular formula is C23H28N2O2. The first-order valence-electron chi connectivity index (χ1n) is 9.51. The number of amides is 1. The van der Waals surface area contributed by atoms with Crippen molar-refractivity contribution in [3.63, 3.8) is 0 Å². The van der Waals surface area contributed by atoms with E-state index in [2.05, 4.69) is 50.8 Å². The molecule has 4 heteroatoms. The van der Waals surface area contributed by atoms with Crippen LogP contribution in [-0.2, 0) is 10.2 Å². The van der Waals surface area contributed by atoms with Gasteiger partial charge in [-0.05, 0) is 35.6 Å². The number of nitrogens with zero attached hydrogens (tertiary/aromatic N) is 2. The Morgan fingerprint density at radius 2 is 1.52 bits per heavy atom. The minimum absolute atomic E-state index is 0.0255. The van der Waals surface area contributed by atoms with Gasteiger partial charge in [-0.15, -0.1) is 0 Å². The average Bonchev–Trinajstić information content (AvgIpc) is 2.66. The van der Waals surface area contributed by atoms with Gasteiger partial charge in [0.1, 0.15) is 0 Å². The second-order valence-electron chi connectivity index (χ2n) is 8.27. The molecule has 1 amide bonds. The van der Waals surface area contributed by atoms with Crippen LogP contribution in [0.25, 0.3) is 0 Å². The van der Waals surface area contributed by atoms with Gasteiger partial charge in [-0.25, -0.2) is 0 Å². The van der Waals surface area contributed by atoms with Crippen molar-refractivity contribution in [2.24, 2.45) is 0 Å². The molecule has 0 aromatic heterocycles. The Kier molecular flexibility index (Phi) is 5.36. The highest BCUT2D eigenvalue weighted by molar-refractivity contribution is 6.42. The van der Waals surface area contributed by atoms with Gasteiger partial charge in [0.05, 0.1) is 0 Å². The summed E-state index contributed by atoms with van der Waals surface area (Å²) in [6.45, 7) is 11.1. The first-order valence-corrected chi connectivity index (χ1v) is 9.51. The minimum Gasteiger partial charge on any atom is -0.368 e. The smallest absolute Gasteiger partial charge is 0.295 e. The Hall–Kier alpha value is -2.62. The molecule has 27 heavy (non-hydrogen) atoms.